The van der Waals surface area contributed by atoms with Crippen LogP contribution in [0.1, 0.15) is 6.92 Å². The Morgan fingerprint density at radius 1 is 1.50 bits per heavy atom. The van der Waals surface area contributed by atoms with Gasteiger partial charge in [-0.1, -0.05) is 25.2 Å². The van der Waals surface area contributed by atoms with Gasteiger partial charge in [-0.2, -0.15) is 0 Å². The van der Waals surface area contributed by atoms with Crippen LogP contribution in [0.25, 0.3) is 0 Å². The van der Waals surface area contributed by atoms with Gasteiger partial charge >= 0.3 is 0 Å². The summed E-state index contributed by atoms with van der Waals surface area (Å²) in [6.45, 7) is 3.30. The van der Waals surface area contributed by atoms with Crippen molar-refractivity contribution in [3.05, 3.63) is 46.6 Å². The van der Waals surface area contributed by atoms with E-state index in [4.69, 9.17) is 0 Å². The Morgan fingerprint density at radius 3 is 3.36 bits per heavy atom. The molecule has 0 spiro atoms. The molecule has 14 heavy (non-hydrogen) atoms. The number of hydrogen-bond acceptors (Lipinski definition) is 2. The Labute approximate surface area is 88.7 Å². The van der Waals surface area contributed by atoms with E-state index < -0.39 is 0 Å². The molecular formula is C12H13NS. The van der Waals surface area contributed by atoms with Crippen LogP contribution in [0, 0.1) is 5.92 Å². The lowest BCUT2D eigenvalue weighted by molar-refractivity contribution is 0.729. The fraction of sp³-hybridized carbons (Fsp3) is 0.333. The summed E-state index contributed by atoms with van der Waals surface area (Å²) in [5, 5.41) is 3.95. The summed E-state index contributed by atoms with van der Waals surface area (Å²) in [5.74, 6) is 0.666. The Hall–Kier alpha value is -0.890. The highest BCUT2D eigenvalue weighted by Gasteiger charge is 2.33. The molecule has 2 aliphatic heterocycles. The third kappa shape index (κ3) is 1.10. The standard InChI is InChI=1S/C12H13NS/c1-8-3-2-4-9-10-7-13-6-5-11(10)14-12(8)9/h2-6,8,12-13H,7H2,1H3. The first-order valence-electron chi connectivity index (χ1n) is 5.05. The van der Waals surface area contributed by atoms with Crippen molar-refractivity contribution in [2.45, 2.75) is 12.2 Å². The monoisotopic (exact) mass is 203 g/mol. The van der Waals surface area contributed by atoms with Crippen LogP contribution in [-0.4, -0.2) is 11.8 Å². The van der Waals surface area contributed by atoms with Gasteiger partial charge in [0.25, 0.3) is 0 Å². The highest BCUT2D eigenvalue weighted by molar-refractivity contribution is 8.04. The van der Waals surface area contributed by atoms with Gasteiger partial charge in [-0.3, -0.25) is 0 Å². The minimum Gasteiger partial charge on any atom is -0.387 e. The van der Waals surface area contributed by atoms with Crippen LogP contribution in [0.15, 0.2) is 46.6 Å². The smallest absolute Gasteiger partial charge is 0.0409 e. The van der Waals surface area contributed by atoms with E-state index in [9.17, 15) is 0 Å². The van der Waals surface area contributed by atoms with E-state index in [2.05, 4.69) is 42.7 Å². The molecule has 72 valence electrons. The number of allylic oxidation sites excluding steroid dienone is 4. The lowest BCUT2D eigenvalue weighted by Gasteiger charge is -2.21. The Kier molecular flexibility index (Phi) is 1.84. The number of nitrogens with one attached hydrogen (secondary N) is 1. The van der Waals surface area contributed by atoms with Gasteiger partial charge in [-0.05, 0) is 29.3 Å². The molecule has 1 N–H and O–H groups in total. The molecule has 0 aromatic carbocycles. The zero-order valence-corrected chi connectivity index (χ0v) is 8.97. The molecule has 0 aromatic heterocycles. The SMILES string of the molecule is CC1C=CC=C2C3=C(C=CNC3)SC21. The van der Waals surface area contributed by atoms with E-state index in [1.165, 1.54) is 16.1 Å². The maximum atomic E-state index is 3.29. The highest BCUT2D eigenvalue weighted by atomic mass is 32.2. The predicted octanol–water partition coefficient (Wildman–Crippen LogP) is 2.61. The van der Waals surface area contributed by atoms with Crippen molar-refractivity contribution in [3.8, 4) is 0 Å². The van der Waals surface area contributed by atoms with Gasteiger partial charge in [0.1, 0.15) is 0 Å². The molecule has 0 aromatic rings. The highest BCUT2D eigenvalue weighted by Crippen LogP contribution is 2.47. The quantitative estimate of drug-likeness (QED) is 0.649. The molecule has 0 fully saturated rings. The average Bonchev–Trinajstić information content (AvgIpc) is 2.59. The number of fused-ring (bicyclic) bond motifs is 2. The first-order chi connectivity index (χ1) is 6.86. The lowest BCUT2D eigenvalue weighted by atomic mass is 9.90. The Morgan fingerprint density at radius 2 is 2.43 bits per heavy atom. The summed E-state index contributed by atoms with van der Waals surface area (Å²) >= 11 is 2.02. The van der Waals surface area contributed by atoms with E-state index in [-0.39, 0.29) is 0 Å². The zero-order valence-electron chi connectivity index (χ0n) is 8.16. The third-order valence-corrected chi connectivity index (χ3v) is 4.58. The summed E-state index contributed by atoms with van der Waals surface area (Å²) in [5.41, 5.74) is 3.05. The topological polar surface area (TPSA) is 12.0 Å². The fourth-order valence-corrected chi connectivity index (χ4v) is 3.64. The molecule has 1 nitrogen and oxygen atoms in total. The number of dihydropyridines is 1. The summed E-state index contributed by atoms with van der Waals surface area (Å²) in [7, 11) is 0. The van der Waals surface area contributed by atoms with Crippen LogP contribution < -0.4 is 5.32 Å². The molecule has 0 bridgehead atoms. The maximum Gasteiger partial charge on any atom is 0.0409 e. The Bertz CT molecular complexity index is 387. The zero-order chi connectivity index (χ0) is 9.54. The molecule has 0 amide bonds. The molecule has 3 aliphatic rings. The molecule has 2 atom stereocenters. The van der Waals surface area contributed by atoms with Gasteiger partial charge in [0.2, 0.25) is 0 Å². The minimum atomic E-state index is 0.662. The molecule has 0 saturated heterocycles. The summed E-state index contributed by atoms with van der Waals surface area (Å²) in [4.78, 5) is 1.47. The van der Waals surface area contributed by atoms with Crippen molar-refractivity contribution >= 4 is 11.8 Å². The average molecular weight is 203 g/mol. The summed E-state index contributed by atoms with van der Waals surface area (Å²) in [6.07, 6.45) is 11.0. The van der Waals surface area contributed by atoms with E-state index in [1.807, 2.05) is 11.8 Å². The van der Waals surface area contributed by atoms with E-state index in [0.717, 1.165) is 6.54 Å². The van der Waals surface area contributed by atoms with Crippen LogP contribution in [0.4, 0.5) is 0 Å². The molecular weight excluding hydrogens is 190 g/mol. The number of rotatable bonds is 0. The molecule has 0 radical (unpaired) electrons. The van der Waals surface area contributed by atoms with Gasteiger partial charge in [0.15, 0.2) is 0 Å². The Balaban J connectivity index is 2.04. The number of thioether (sulfide) groups is 1. The van der Waals surface area contributed by atoms with Gasteiger partial charge in [0.05, 0.1) is 0 Å². The fourth-order valence-electron chi connectivity index (χ4n) is 2.23. The minimum absolute atomic E-state index is 0.662. The lowest BCUT2D eigenvalue weighted by Crippen LogP contribution is -2.19. The number of hydrogen-bond donors (Lipinski definition) is 1. The second-order valence-electron chi connectivity index (χ2n) is 3.96. The van der Waals surface area contributed by atoms with Crippen LogP contribution in [0.3, 0.4) is 0 Å². The van der Waals surface area contributed by atoms with Gasteiger partial charge < -0.3 is 5.32 Å². The van der Waals surface area contributed by atoms with Crippen molar-refractivity contribution in [3.63, 3.8) is 0 Å². The second-order valence-corrected chi connectivity index (χ2v) is 5.14. The first kappa shape index (κ1) is 8.42. The third-order valence-electron chi connectivity index (χ3n) is 3.01. The molecule has 2 unspecified atom stereocenters. The van der Waals surface area contributed by atoms with E-state index in [0.29, 0.717) is 11.2 Å². The van der Waals surface area contributed by atoms with Crippen molar-refractivity contribution in [1.29, 1.82) is 0 Å². The van der Waals surface area contributed by atoms with Crippen LogP contribution >= 0.6 is 11.8 Å². The molecule has 2 heteroatoms. The molecule has 2 heterocycles. The largest absolute Gasteiger partial charge is 0.387 e. The molecule has 1 aliphatic carbocycles. The van der Waals surface area contributed by atoms with Crippen LogP contribution in [-0.2, 0) is 0 Å². The summed E-state index contributed by atoms with van der Waals surface area (Å²) in [6, 6.07) is 0. The normalized spacial score (nSPS) is 33.6. The molecule has 0 saturated carbocycles. The maximum absolute atomic E-state index is 3.29. The predicted molar refractivity (Wildman–Crippen MR) is 61.9 cm³/mol. The van der Waals surface area contributed by atoms with Crippen molar-refractivity contribution < 1.29 is 0 Å². The summed E-state index contributed by atoms with van der Waals surface area (Å²) < 4.78 is 0. The van der Waals surface area contributed by atoms with Crippen molar-refractivity contribution in [2.24, 2.45) is 5.92 Å². The van der Waals surface area contributed by atoms with E-state index >= 15 is 0 Å². The van der Waals surface area contributed by atoms with Crippen LogP contribution in [0.5, 0.6) is 0 Å². The molecule has 3 rings (SSSR count). The van der Waals surface area contributed by atoms with Crippen LogP contribution in [0.2, 0.25) is 0 Å². The van der Waals surface area contributed by atoms with Crippen molar-refractivity contribution in [1.82, 2.24) is 5.32 Å². The first-order valence-corrected chi connectivity index (χ1v) is 5.93. The van der Waals surface area contributed by atoms with Crippen molar-refractivity contribution in [2.75, 3.05) is 6.54 Å². The van der Waals surface area contributed by atoms with Gasteiger partial charge in [0, 0.05) is 16.7 Å². The van der Waals surface area contributed by atoms with Gasteiger partial charge in [-0.15, -0.1) is 11.8 Å². The van der Waals surface area contributed by atoms with E-state index in [1.54, 1.807) is 0 Å². The van der Waals surface area contributed by atoms with Gasteiger partial charge in [-0.25, -0.2) is 0 Å². The second kappa shape index (κ2) is 3.06.